The predicted molar refractivity (Wildman–Crippen MR) is 130 cm³/mol. The van der Waals surface area contributed by atoms with Crippen LogP contribution in [0.15, 0.2) is 24.3 Å². The molecule has 2 amide bonds. The van der Waals surface area contributed by atoms with E-state index in [2.05, 4.69) is 38.2 Å². The number of allylic oxidation sites excluding steroid dienone is 1. The van der Waals surface area contributed by atoms with Crippen molar-refractivity contribution in [3.8, 4) is 0 Å². The second-order valence-corrected chi connectivity index (χ2v) is 12.4. The fourth-order valence-electron chi connectivity index (χ4n) is 8.48. The molecule has 2 bridgehead atoms. The summed E-state index contributed by atoms with van der Waals surface area (Å²) < 4.78 is 1.11. The Balaban J connectivity index is 1.43. The summed E-state index contributed by atoms with van der Waals surface area (Å²) in [6, 6.07) is 6.32. The van der Waals surface area contributed by atoms with Crippen LogP contribution < -0.4 is 5.32 Å². The Bertz CT molecular complexity index is 1240. The van der Waals surface area contributed by atoms with Crippen molar-refractivity contribution in [3.05, 3.63) is 40.6 Å². The molecule has 3 atom stereocenters. The standard InChI is InChI=1S/C28H33N3O3/c1-25(2)21-16-27-12-7-13-30(27)24(33)28(21,29-23(27)32)15-19-18-14-17(26(3)10-5-4-6-11-26)8-9-20(18)31(34)22(19)25/h8-9,14-15,21H,4-7,10-13,16H2,1-3H3,(H,29,32)/t21?,27?,28-/m0/s1. The molecule has 6 heteroatoms. The maximum atomic E-state index is 14.0. The number of hydrogen-bond acceptors (Lipinski definition) is 3. The van der Waals surface area contributed by atoms with Crippen LogP contribution >= 0.6 is 0 Å². The zero-order valence-corrected chi connectivity index (χ0v) is 20.4. The van der Waals surface area contributed by atoms with Gasteiger partial charge in [0.25, 0.3) is 5.91 Å². The van der Waals surface area contributed by atoms with Gasteiger partial charge < -0.3 is 15.4 Å². The molecule has 6 nitrogen and oxygen atoms in total. The number of rotatable bonds is 1. The molecule has 2 aliphatic carbocycles. The van der Waals surface area contributed by atoms with Crippen LogP contribution in [0.5, 0.6) is 0 Å². The van der Waals surface area contributed by atoms with E-state index in [1.54, 1.807) is 0 Å². The van der Waals surface area contributed by atoms with Crippen molar-refractivity contribution in [2.45, 2.75) is 88.6 Å². The highest BCUT2D eigenvalue weighted by atomic mass is 16.5. The number of hydrogen-bond donors (Lipinski definition) is 1. The van der Waals surface area contributed by atoms with E-state index in [0.29, 0.717) is 25.1 Å². The van der Waals surface area contributed by atoms with Crippen molar-refractivity contribution in [1.82, 2.24) is 10.2 Å². The first-order chi connectivity index (χ1) is 16.1. The Labute approximate surface area is 200 Å². The average Bonchev–Trinajstić information content (AvgIpc) is 3.36. The van der Waals surface area contributed by atoms with Gasteiger partial charge in [-0.05, 0) is 69.1 Å². The molecule has 8 rings (SSSR count). The molecule has 0 aromatic heterocycles. The van der Waals surface area contributed by atoms with Gasteiger partial charge in [0, 0.05) is 18.5 Å². The van der Waals surface area contributed by atoms with Gasteiger partial charge in [0.1, 0.15) is 11.1 Å². The topological polar surface area (TPSA) is 75.5 Å². The Hall–Kier alpha value is -2.63. The highest BCUT2D eigenvalue weighted by Crippen LogP contribution is 2.60. The molecule has 1 aromatic rings. The minimum atomic E-state index is -1.07. The summed E-state index contributed by atoms with van der Waals surface area (Å²) >= 11 is 0. The van der Waals surface area contributed by atoms with Crippen LogP contribution in [0.3, 0.4) is 0 Å². The lowest BCUT2D eigenvalue weighted by molar-refractivity contribution is -0.362. The molecule has 4 saturated heterocycles. The Kier molecular flexibility index (Phi) is 3.74. The van der Waals surface area contributed by atoms with Gasteiger partial charge >= 0.3 is 0 Å². The number of piperazine rings is 1. The zero-order chi connectivity index (χ0) is 23.7. The van der Waals surface area contributed by atoms with Crippen molar-refractivity contribution in [2.24, 2.45) is 11.3 Å². The van der Waals surface area contributed by atoms with E-state index in [-0.39, 0.29) is 23.1 Å². The van der Waals surface area contributed by atoms with Crippen LogP contribution in [0.1, 0.15) is 83.3 Å². The van der Waals surface area contributed by atoms with Crippen LogP contribution in [0, 0.1) is 16.5 Å². The summed E-state index contributed by atoms with van der Waals surface area (Å²) in [7, 11) is 0. The van der Waals surface area contributed by atoms with Gasteiger partial charge in [-0.3, -0.25) is 9.59 Å². The maximum absolute atomic E-state index is 14.0. The van der Waals surface area contributed by atoms with Crippen LogP contribution in [0.2, 0.25) is 0 Å². The Morgan fingerprint density at radius 2 is 1.82 bits per heavy atom. The Morgan fingerprint density at radius 3 is 2.59 bits per heavy atom. The first-order valence-corrected chi connectivity index (χ1v) is 13.0. The summed E-state index contributed by atoms with van der Waals surface area (Å²) in [5.41, 5.74) is 2.21. The molecule has 0 radical (unpaired) electrons. The SMILES string of the molecule is CC1(c2ccc3c(c2)C2=C[C@@]45NC(=O)C6(CCCN6C4=O)CC5C(C)(C)C2=[N+]3[O-])CCCCC1. The van der Waals surface area contributed by atoms with Gasteiger partial charge in [-0.2, -0.15) is 4.74 Å². The van der Waals surface area contributed by atoms with Crippen LogP contribution in [0.4, 0.5) is 5.69 Å². The third kappa shape index (κ3) is 2.17. The second kappa shape index (κ2) is 6.13. The van der Waals surface area contributed by atoms with Crippen molar-refractivity contribution in [3.63, 3.8) is 0 Å². The molecule has 2 spiro atoms. The highest BCUT2D eigenvalue weighted by molar-refractivity contribution is 6.30. The number of carbonyl (C=O) groups excluding carboxylic acids is 2. The lowest BCUT2D eigenvalue weighted by atomic mass is 9.51. The molecule has 5 heterocycles. The number of carbonyl (C=O) groups is 2. The van der Waals surface area contributed by atoms with Gasteiger partial charge in [0.2, 0.25) is 17.3 Å². The molecular weight excluding hydrogens is 426 g/mol. The molecule has 5 fully saturated rings. The molecule has 5 aliphatic heterocycles. The van der Waals surface area contributed by atoms with Gasteiger partial charge in [0.15, 0.2) is 0 Å². The number of piperidine rings is 2. The summed E-state index contributed by atoms with van der Waals surface area (Å²) in [6.45, 7) is 7.18. The zero-order valence-electron chi connectivity index (χ0n) is 20.4. The number of benzene rings is 1. The lowest BCUT2D eigenvalue weighted by Gasteiger charge is -2.62. The third-order valence-electron chi connectivity index (χ3n) is 10.4. The summed E-state index contributed by atoms with van der Waals surface area (Å²) in [5.74, 6) is -0.140. The summed E-state index contributed by atoms with van der Waals surface area (Å²) in [6.07, 6.45) is 10.2. The summed E-state index contributed by atoms with van der Waals surface area (Å²) in [5, 5.41) is 16.9. The molecule has 34 heavy (non-hydrogen) atoms. The Morgan fingerprint density at radius 1 is 1.06 bits per heavy atom. The maximum Gasteiger partial charge on any atom is 0.253 e. The monoisotopic (exact) mass is 459 g/mol. The van der Waals surface area contributed by atoms with Gasteiger partial charge in [-0.1, -0.05) is 32.3 Å². The molecule has 1 N–H and O–H groups in total. The molecule has 7 aliphatic rings. The normalized spacial score (nSPS) is 36.5. The van der Waals surface area contributed by atoms with E-state index in [1.165, 1.54) is 24.8 Å². The van der Waals surface area contributed by atoms with E-state index < -0.39 is 16.5 Å². The minimum absolute atomic E-state index is 0.0155. The molecule has 2 unspecified atom stereocenters. The number of nitrogens with one attached hydrogen (secondary N) is 1. The quantitative estimate of drug-likeness (QED) is 0.506. The number of amides is 2. The fourth-order valence-corrected chi connectivity index (χ4v) is 8.48. The largest absolute Gasteiger partial charge is 0.618 e. The van der Waals surface area contributed by atoms with E-state index in [0.717, 1.165) is 40.8 Å². The van der Waals surface area contributed by atoms with E-state index in [1.807, 2.05) is 17.0 Å². The van der Waals surface area contributed by atoms with Gasteiger partial charge in [0.05, 0.1) is 16.6 Å². The van der Waals surface area contributed by atoms with Crippen molar-refractivity contribution in [2.75, 3.05) is 6.54 Å². The van der Waals surface area contributed by atoms with Crippen LogP contribution in [-0.4, -0.2) is 44.8 Å². The molecular formula is C28H33N3O3. The predicted octanol–water partition coefficient (Wildman–Crippen LogP) is 4.18. The van der Waals surface area contributed by atoms with E-state index in [4.69, 9.17) is 0 Å². The van der Waals surface area contributed by atoms with Crippen molar-refractivity contribution in [1.29, 1.82) is 0 Å². The van der Waals surface area contributed by atoms with Crippen molar-refractivity contribution < 1.29 is 14.3 Å². The fraction of sp³-hybridized carbons (Fsp3) is 0.607. The summed E-state index contributed by atoms with van der Waals surface area (Å²) in [4.78, 5) is 29.2. The molecule has 1 aromatic carbocycles. The average molecular weight is 460 g/mol. The van der Waals surface area contributed by atoms with E-state index >= 15 is 0 Å². The van der Waals surface area contributed by atoms with Crippen LogP contribution in [0.25, 0.3) is 5.57 Å². The second-order valence-electron chi connectivity index (χ2n) is 12.4. The van der Waals surface area contributed by atoms with Crippen molar-refractivity contribution >= 4 is 28.8 Å². The first-order valence-electron chi connectivity index (χ1n) is 13.0. The first kappa shape index (κ1) is 20.7. The number of nitrogens with zero attached hydrogens (tertiary/aromatic N) is 2. The lowest BCUT2D eigenvalue weighted by Crippen LogP contribution is -2.83. The minimum Gasteiger partial charge on any atom is -0.618 e. The molecule has 1 saturated carbocycles. The number of fused-ring (bicyclic) bond motifs is 4. The van der Waals surface area contributed by atoms with Gasteiger partial charge in [-0.25, -0.2) is 0 Å². The third-order valence-corrected chi connectivity index (χ3v) is 10.4. The van der Waals surface area contributed by atoms with Crippen LogP contribution in [-0.2, 0) is 15.0 Å². The highest BCUT2D eigenvalue weighted by Gasteiger charge is 2.73. The smallest absolute Gasteiger partial charge is 0.253 e. The van der Waals surface area contributed by atoms with E-state index in [9.17, 15) is 14.8 Å². The molecule has 178 valence electrons. The van der Waals surface area contributed by atoms with Gasteiger partial charge in [-0.15, -0.1) is 0 Å².